The summed E-state index contributed by atoms with van der Waals surface area (Å²) in [4.78, 5) is 8.02. The fourth-order valence-corrected chi connectivity index (χ4v) is 4.20. The van der Waals surface area contributed by atoms with E-state index in [4.69, 9.17) is 0 Å². The number of piperidine rings is 1. The van der Waals surface area contributed by atoms with Crippen molar-refractivity contribution in [3.05, 3.63) is 0 Å². The van der Waals surface area contributed by atoms with Crippen molar-refractivity contribution in [2.45, 2.75) is 38.3 Å². The monoisotopic (exact) mass is 237 g/mol. The van der Waals surface area contributed by atoms with E-state index in [2.05, 4.69) is 28.7 Å². The molecule has 3 aliphatic heterocycles. The Bertz CT molecular complexity index is 268. The fourth-order valence-electron chi connectivity index (χ4n) is 4.20. The molecule has 0 spiro atoms. The lowest BCUT2D eigenvalue weighted by atomic mass is 9.91. The van der Waals surface area contributed by atoms with Gasteiger partial charge in [0, 0.05) is 38.3 Å². The molecule has 0 aromatic heterocycles. The lowest BCUT2D eigenvalue weighted by Crippen LogP contribution is -2.57. The van der Waals surface area contributed by atoms with Crippen LogP contribution in [0.4, 0.5) is 0 Å². The second-order valence-corrected chi connectivity index (χ2v) is 6.42. The van der Waals surface area contributed by atoms with Crippen LogP contribution in [0.5, 0.6) is 0 Å². The maximum Gasteiger partial charge on any atom is 0.0224 e. The molecule has 3 heterocycles. The van der Waals surface area contributed by atoms with E-state index >= 15 is 0 Å². The highest BCUT2D eigenvalue weighted by Gasteiger charge is 2.36. The van der Waals surface area contributed by atoms with E-state index in [1.807, 2.05) is 0 Å². The Morgan fingerprint density at radius 3 is 2.53 bits per heavy atom. The Kier molecular flexibility index (Phi) is 3.42. The predicted octanol–water partition coefficient (Wildman–Crippen LogP) is 1.11. The molecule has 0 aromatic rings. The standard InChI is InChI=1S/C14H27N3/c1-12-10-15(2)7-5-14(12)17-9-8-16-6-3-4-13(16)11-17/h12-14H,3-11H2,1-2H3. The minimum absolute atomic E-state index is 0.849. The average Bonchev–Trinajstić information content (AvgIpc) is 2.75. The third kappa shape index (κ3) is 2.38. The first-order valence-electron chi connectivity index (χ1n) is 7.40. The summed E-state index contributed by atoms with van der Waals surface area (Å²) in [5, 5.41) is 0. The van der Waals surface area contributed by atoms with Gasteiger partial charge in [0.2, 0.25) is 0 Å². The van der Waals surface area contributed by atoms with Gasteiger partial charge in [0.1, 0.15) is 0 Å². The molecule has 3 atom stereocenters. The van der Waals surface area contributed by atoms with Gasteiger partial charge in [0.25, 0.3) is 0 Å². The summed E-state index contributed by atoms with van der Waals surface area (Å²) in [7, 11) is 2.27. The van der Waals surface area contributed by atoms with Crippen LogP contribution in [0.25, 0.3) is 0 Å². The van der Waals surface area contributed by atoms with E-state index in [1.54, 1.807) is 0 Å². The number of nitrogens with zero attached hydrogens (tertiary/aromatic N) is 3. The maximum absolute atomic E-state index is 2.81. The number of likely N-dealkylation sites (tertiary alicyclic amines) is 1. The van der Waals surface area contributed by atoms with Crippen LogP contribution in [0, 0.1) is 5.92 Å². The summed E-state index contributed by atoms with van der Waals surface area (Å²) in [6.45, 7) is 10.4. The second-order valence-electron chi connectivity index (χ2n) is 6.42. The lowest BCUT2D eigenvalue weighted by molar-refractivity contribution is 0.0208. The van der Waals surface area contributed by atoms with Crippen LogP contribution >= 0.6 is 0 Å². The maximum atomic E-state index is 2.81. The number of hydrogen-bond acceptors (Lipinski definition) is 3. The zero-order chi connectivity index (χ0) is 11.8. The topological polar surface area (TPSA) is 9.72 Å². The average molecular weight is 237 g/mol. The van der Waals surface area contributed by atoms with Gasteiger partial charge >= 0.3 is 0 Å². The summed E-state index contributed by atoms with van der Waals surface area (Å²) >= 11 is 0. The zero-order valence-electron chi connectivity index (χ0n) is 11.4. The molecule has 3 heteroatoms. The van der Waals surface area contributed by atoms with E-state index < -0.39 is 0 Å². The third-order valence-electron chi connectivity index (χ3n) is 5.15. The van der Waals surface area contributed by atoms with Gasteiger partial charge in [-0.2, -0.15) is 0 Å². The van der Waals surface area contributed by atoms with Crippen LogP contribution in [0.15, 0.2) is 0 Å². The number of piperazine rings is 1. The number of hydrogen-bond donors (Lipinski definition) is 0. The molecule has 0 amide bonds. The molecule has 3 fully saturated rings. The minimum Gasteiger partial charge on any atom is -0.306 e. The minimum atomic E-state index is 0.849. The van der Waals surface area contributed by atoms with Gasteiger partial charge in [-0.05, 0) is 45.3 Å². The Hall–Kier alpha value is -0.120. The third-order valence-corrected chi connectivity index (χ3v) is 5.15. The first-order valence-corrected chi connectivity index (χ1v) is 7.40. The molecule has 0 aliphatic carbocycles. The molecular formula is C14H27N3. The van der Waals surface area contributed by atoms with Crippen molar-refractivity contribution in [2.24, 2.45) is 5.92 Å². The van der Waals surface area contributed by atoms with Gasteiger partial charge in [-0.3, -0.25) is 9.80 Å². The molecule has 0 aromatic carbocycles. The van der Waals surface area contributed by atoms with Gasteiger partial charge in [-0.25, -0.2) is 0 Å². The van der Waals surface area contributed by atoms with Crippen molar-refractivity contribution in [2.75, 3.05) is 46.3 Å². The summed E-state index contributed by atoms with van der Waals surface area (Å²) < 4.78 is 0. The molecule has 3 nitrogen and oxygen atoms in total. The molecule has 3 saturated heterocycles. The Balaban J connectivity index is 1.61. The van der Waals surface area contributed by atoms with Crippen molar-refractivity contribution < 1.29 is 0 Å². The molecule has 3 aliphatic rings. The van der Waals surface area contributed by atoms with E-state index in [0.717, 1.165) is 18.0 Å². The van der Waals surface area contributed by atoms with Crippen molar-refractivity contribution in [3.8, 4) is 0 Å². The van der Waals surface area contributed by atoms with Crippen LogP contribution < -0.4 is 0 Å². The van der Waals surface area contributed by atoms with Crippen LogP contribution in [0.1, 0.15) is 26.2 Å². The second kappa shape index (κ2) is 4.87. The Morgan fingerprint density at radius 2 is 1.71 bits per heavy atom. The van der Waals surface area contributed by atoms with E-state index in [9.17, 15) is 0 Å². The highest BCUT2D eigenvalue weighted by molar-refractivity contribution is 4.92. The first-order chi connectivity index (χ1) is 8.24. The summed E-state index contributed by atoms with van der Waals surface area (Å²) in [5.74, 6) is 0.849. The molecule has 17 heavy (non-hydrogen) atoms. The van der Waals surface area contributed by atoms with Gasteiger partial charge in [0.15, 0.2) is 0 Å². The van der Waals surface area contributed by atoms with Crippen molar-refractivity contribution in [3.63, 3.8) is 0 Å². The summed E-state index contributed by atoms with van der Waals surface area (Å²) in [5.41, 5.74) is 0. The zero-order valence-corrected chi connectivity index (χ0v) is 11.4. The summed E-state index contributed by atoms with van der Waals surface area (Å²) in [6.07, 6.45) is 4.25. The molecule has 0 bridgehead atoms. The van der Waals surface area contributed by atoms with Crippen LogP contribution in [-0.4, -0.2) is 73.1 Å². The van der Waals surface area contributed by atoms with Crippen LogP contribution in [0.2, 0.25) is 0 Å². The highest BCUT2D eigenvalue weighted by Crippen LogP contribution is 2.27. The molecule has 0 N–H and O–H groups in total. The molecule has 0 saturated carbocycles. The SMILES string of the molecule is CC1CN(C)CCC1N1CCN2CCCC2C1. The van der Waals surface area contributed by atoms with Gasteiger partial charge in [-0.1, -0.05) is 6.92 Å². The molecule has 3 unspecified atom stereocenters. The molecule has 98 valence electrons. The normalized spacial score (nSPS) is 41.6. The highest BCUT2D eigenvalue weighted by atomic mass is 15.3. The number of fused-ring (bicyclic) bond motifs is 1. The van der Waals surface area contributed by atoms with Crippen LogP contribution in [0.3, 0.4) is 0 Å². The fraction of sp³-hybridized carbons (Fsp3) is 1.00. The van der Waals surface area contributed by atoms with E-state index in [0.29, 0.717) is 0 Å². The van der Waals surface area contributed by atoms with Crippen molar-refractivity contribution >= 4 is 0 Å². The number of rotatable bonds is 1. The van der Waals surface area contributed by atoms with Crippen molar-refractivity contribution in [1.82, 2.24) is 14.7 Å². The Labute approximate surface area is 106 Å². The smallest absolute Gasteiger partial charge is 0.0224 e. The van der Waals surface area contributed by atoms with Crippen molar-refractivity contribution in [1.29, 1.82) is 0 Å². The Morgan fingerprint density at radius 1 is 0.882 bits per heavy atom. The molecule has 0 radical (unpaired) electrons. The summed E-state index contributed by atoms with van der Waals surface area (Å²) in [6, 6.07) is 1.74. The lowest BCUT2D eigenvalue weighted by Gasteiger charge is -2.46. The quantitative estimate of drug-likeness (QED) is 0.676. The molecular weight excluding hydrogens is 210 g/mol. The molecule has 3 rings (SSSR count). The van der Waals surface area contributed by atoms with Crippen LogP contribution in [-0.2, 0) is 0 Å². The van der Waals surface area contributed by atoms with Gasteiger partial charge < -0.3 is 4.90 Å². The van der Waals surface area contributed by atoms with E-state index in [-0.39, 0.29) is 0 Å². The van der Waals surface area contributed by atoms with Gasteiger partial charge in [-0.15, -0.1) is 0 Å². The van der Waals surface area contributed by atoms with Gasteiger partial charge in [0.05, 0.1) is 0 Å². The largest absolute Gasteiger partial charge is 0.306 e. The first kappa shape index (κ1) is 11.9. The van der Waals surface area contributed by atoms with E-state index in [1.165, 1.54) is 58.5 Å². The predicted molar refractivity (Wildman–Crippen MR) is 71.2 cm³/mol.